The number of halogens is 3. The maximum absolute atomic E-state index is 12.5. The number of alkyl halides is 2. The van der Waals surface area contributed by atoms with Crippen LogP contribution in [0.25, 0.3) is 0 Å². The van der Waals surface area contributed by atoms with Gasteiger partial charge in [0.05, 0.1) is 18.5 Å². The molecule has 1 aromatic carbocycles. The number of amides is 2. The van der Waals surface area contributed by atoms with Gasteiger partial charge < -0.3 is 5.32 Å². The van der Waals surface area contributed by atoms with Gasteiger partial charge in [0.25, 0.3) is 0 Å². The number of likely N-dealkylation sites (tertiary alicyclic amines) is 1. The van der Waals surface area contributed by atoms with Crippen molar-refractivity contribution in [3.05, 3.63) is 28.8 Å². The Morgan fingerprint density at radius 3 is 2.26 bits per heavy atom. The first-order valence-electron chi connectivity index (χ1n) is 7.52. The summed E-state index contributed by atoms with van der Waals surface area (Å²) in [6.45, 7) is 2.11. The normalized spacial score (nSPS) is 30.5. The van der Waals surface area contributed by atoms with Crippen LogP contribution in [-0.2, 0) is 9.59 Å². The lowest BCUT2D eigenvalue weighted by Gasteiger charge is -2.29. The fourth-order valence-electron chi connectivity index (χ4n) is 3.19. The van der Waals surface area contributed by atoms with Crippen LogP contribution in [-0.4, -0.2) is 33.0 Å². The molecular formula is C16H17Br2ClN2O2. The summed E-state index contributed by atoms with van der Waals surface area (Å²) in [4.78, 5) is 26.9. The van der Waals surface area contributed by atoms with E-state index in [-0.39, 0.29) is 40.0 Å². The highest BCUT2D eigenvalue weighted by molar-refractivity contribution is 9.12. The van der Waals surface area contributed by atoms with Crippen molar-refractivity contribution < 1.29 is 9.59 Å². The minimum atomic E-state index is -0.205. The molecule has 2 aliphatic rings. The van der Waals surface area contributed by atoms with Gasteiger partial charge in [0.15, 0.2) is 0 Å². The number of aryl methyl sites for hydroxylation is 1. The van der Waals surface area contributed by atoms with Gasteiger partial charge in [0, 0.05) is 20.4 Å². The van der Waals surface area contributed by atoms with Crippen molar-refractivity contribution in [2.45, 2.75) is 29.4 Å². The lowest BCUT2D eigenvalue weighted by molar-refractivity contribution is -0.139. The molecule has 23 heavy (non-hydrogen) atoms. The van der Waals surface area contributed by atoms with Gasteiger partial charge in [0.1, 0.15) is 0 Å². The molecule has 124 valence electrons. The molecule has 2 amide bonds. The van der Waals surface area contributed by atoms with Crippen LogP contribution in [0.15, 0.2) is 18.2 Å². The van der Waals surface area contributed by atoms with Crippen molar-refractivity contribution >= 4 is 61.0 Å². The number of anilines is 1. The zero-order valence-electron chi connectivity index (χ0n) is 12.6. The first-order chi connectivity index (χ1) is 10.9. The summed E-state index contributed by atoms with van der Waals surface area (Å²) in [5.41, 5.74) is 1.79. The molecule has 1 aliphatic carbocycles. The third kappa shape index (κ3) is 3.30. The second-order valence-corrected chi connectivity index (χ2v) is 8.88. The van der Waals surface area contributed by atoms with Crippen LogP contribution >= 0.6 is 43.5 Å². The molecule has 3 rings (SSSR count). The average Bonchev–Trinajstić information content (AvgIpc) is 2.73. The van der Waals surface area contributed by atoms with E-state index in [9.17, 15) is 9.59 Å². The van der Waals surface area contributed by atoms with Crippen molar-refractivity contribution in [3.8, 4) is 0 Å². The van der Waals surface area contributed by atoms with Crippen LogP contribution in [0, 0.1) is 18.8 Å². The molecule has 1 N–H and O–H groups in total. The molecule has 2 fully saturated rings. The van der Waals surface area contributed by atoms with Gasteiger partial charge in [-0.3, -0.25) is 14.5 Å². The van der Waals surface area contributed by atoms with Crippen molar-refractivity contribution in [3.63, 3.8) is 0 Å². The number of imide groups is 1. The predicted octanol–water partition coefficient (Wildman–Crippen LogP) is 3.94. The summed E-state index contributed by atoms with van der Waals surface area (Å²) in [5, 5.41) is 3.78. The number of hydrogen-bond donors (Lipinski definition) is 1. The summed E-state index contributed by atoms with van der Waals surface area (Å²) in [5.74, 6) is -0.558. The standard InChI is InChI=1S/C16H17Br2ClN2O2/c1-8-2-3-9(4-14(8)19)20-7-21-15(22)10-5-12(17)13(18)6-11(10)16(21)23/h2-4,10-13,20H,5-7H2,1H3/t10-,11-,12-,13+/m0/s1. The largest absolute Gasteiger partial charge is 0.367 e. The summed E-state index contributed by atoms with van der Waals surface area (Å²) >= 11 is 13.3. The van der Waals surface area contributed by atoms with E-state index in [1.807, 2.05) is 19.1 Å². The van der Waals surface area contributed by atoms with Crippen molar-refractivity contribution in [2.24, 2.45) is 11.8 Å². The molecule has 0 radical (unpaired) electrons. The van der Waals surface area contributed by atoms with Gasteiger partial charge in [-0.2, -0.15) is 0 Å². The molecule has 1 aliphatic heterocycles. The Bertz CT molecular complexity index is 627. The number of hydrogen-bond acceptors (Lipinski definition) is 3. The van der Waals surface area contributed by atoms with Crippen LogP contribution in [0.5, 0.6) is 0 Å². The molecule has 1 saturated heterocycles. The number of benzene rings is 1. The van der Waals surface area contributed by atoms with Crippen molar-refractivity contribution in [1.82, 2.24) is 4.90 Å². The fourth-order valence-corrected chi connectivity index (χ4v) is 4.61. The van der Waals surface area contributed by atoms with Gasteiger partial charge in [-0.15, -0.1) is 0 Å². The molecule has 0 bridgehead atoms. The quantitative estimate of drug-likeness (QED) is 0.545. The van der Waals surface area contributed by atoms with E-state index in [4.69, 9.17) is 11.6 Å². The number of nitrogens with one attached hydrogen (secondary N) is 1. The molecular weight excluding hydrogens is 447 g/mol. The third-order valence-electron chi connectivity index (χ3n) is 4.62. The Morgan fingerprint density at radius 1 is 1.17 bits per heavy atom. The van der Waals surface area contributed by atoms with E-state index in [1.54, 1.807) is 6.07 Å². The predicted molar refractivity (Wildman–Crippen MR) is 98.2 cm³/mol. The third-order valence-corrected chi connectivity index (χ3v) is 7.76. The van der Waals surface area contributed by atoms with E-state index >= 15 is 0 Å². The molecule has 4 atom stereocenters. The van der Waals surface area contributed by atoms with E-state index < -0.39 is 0 Å². The van der Waals surface area contributed by atoms with Gasteiger partial charge in [-0.05, 0) is 37.5 Å². The van der Waals surface area contributed by atoms with Gasteiger partial charge in [0.2, 0.25) is 11.8 Å². The van der Waals surface area contributed by atoms with Crippen LogP contribution in [0.4, 0.5) is 5.69 Å². The van der Waals surface area contributed by atoms with Crippen LogP contribution in [0.2, 0.25) is 5.02 Å². The number of carbonyl (C=O) groups is 2. The summed E-state index contributed by atoms with van der Waals surface area (Å²) in [6, 6.07) is 5.60. The molecule has 7 heteroatoms. The smallest absolute Gasteiger partial charge is 0.234 e. The summed E-state index contributed by atoms with van der Waals surface area (Å²) in [7, 11) is 0. The topological polar surface area (TPSA) is 49.4 Å². The average molecular weight is 465 g/mol. The van der Waals surface area contributed by atoms with E-state index in [0.29, 0.717) is 17.9 Å². The minimum Gasteiger partial charge on any atom is -0.367 e. The molecule has 0 aromatic heterocycles. The van der Waals surface area contributed by atoms with Crippen LogP contribution < -0.4 is 5.32 Å². The van der Waals surface area contributed by atoms with Crippen molar-refractivity contribution in [2.75, 3.05) is 12.0 Å². The van der Waals surface area contributed by atoms with E-state index in [1.165, 1.54) is 4.90 Å². The SMILES string of the molecule is Cc1ccc(NCN2C(=O)[C@H]3C[C@@H](Br)[C@@H](Br)C[C@@H]3C2=O)cc1Cl. The van der Waals surface area contributed by atoms with Gasteiger partial charge in [-0.25, -0.2) is 0 Å². The van der Waals surface area contributed by atoms with Crippen LogP contribution in [0.1, 0.15) is 18.4 Å². The Hall–Kier alpha value is -0.590. The Morgan fingerprint density at radius 2 is 1.74 bits per heavy atom. The zero-order chi connectivity index (χ0) is 16.7. The summed E-state index contributed by atoms with van der Waals surface area (Å²) in [6.07, 6.45) is 1.38. The highest BCUT2D eigenvalue weighted by Gasteiger charge is 2.51. The highest BCUT2D eigenvalue weighted by Crippen LogP contribution is 2.43. The number of nitrogens with zero attached hydrogens (tertiary/aromatic N) is 1. The molecule has 1 saturated carbocycles. The Kier molecular flexibility index (Phi) is 5.04. The van der Waals surface area contributed by atoms with Gasteiger partial charge in [-0.1, -0.05) is 49.5 Å². The van der Waals surface area contributed by atoms with E-state index in [2.05, 4.69) is 37.2 Å². The molecule has 1 heterocycles. The fraction of sp³-hybridized carbons (Fsp3) is 0.500. The maximum Gasteiger partial charge on any atom is 0.234 e. The van der Waals surface area contributed by atoms with E-state index in [0.717, 1.165) is 11.3 Å². The number of fused-ring (bicyclic) bond motifs is 1. The molecule has 0 spiro atoms. The second-order valence-electron chi connectivity index (χ2n) is 6.12. The van der Waals surface area contributed by atoms with Crippen LogP contribution in [0.3, 0.4) is 0 Å². The lowest BCUT2D eigenvalue weighted by atomic mass is 9.81. The monoisotopic (exact) mass is 462 g/mol. The lowest BCUT2D eigenvalue weighted by Crippen LogP contribution is -2.35. The Balaban J connectivity index is 1.70. The minimum absolute atomic E-state index is 0.0745. The zero-order valence-corrected chi connectivity index (χ0v) is 16.5. The highest BCUT2D eigenvalue weighted by atomic mass is 79.9. The summed E-state index contributed by atoms with van der Waals surface area (Å²) < 4.78 is 0. The molecule has 0 unspecified atom stereocenters. The number of rotatable bonds is 3. The first-order valence-corrected chi connectivity index (χ1v) is 9.73. The maximum atomic E-state index is 12.5. The molecule has 4 nitrogen and oxygen atoms in total. The van der Waals surface area contributed by atoms with Gasteiger partial charge >= 0.3 is 0 Å². The Labute approximate surface area is 157 Å². The molecule has 1 aromatic rings. The first kappa shape index (κ1) is 17.2. The second kappa shape index (κ2) is 6.73. The number of carbonyl (C=O) groups excluding carboxylic acids is 2. The van der Waals surface area contributed by atoms with Crippen molar-refractivity contribution in [1.29, 1.82) is 0 Å².